The normalized spacial score (nSPS) is 8.87. The Labute approximate surface area is 87.1 Å². The Hall–Kier alpha value is -2.21. The number of nitrogens with zero attached hydrogens (tertiary/aromatic N) is 8. The highest BCUT2D eigenvalue weighted by molar-refractivity contribution is 6.32. The van der Waals surface area contributed by atoms with Crippen LogP contribution in [0.5, 0.6) is 0 Å². The lowest BCUT2D eigenvalue weighted by molar-refractivity contribution is 0.595. The molecule has 15 heavy (non-hydrogen) atoms. The van der Waals surface area contributed by atoms with E-state index in [1.165, 1.54) is 0 Å². The lowest BCUT2D eigenvalue weighted by Gasteiger charge is -2.00. The average molecular weight is 227 g/mol. The predicted molar refractivity (Wildman–Crippen MR) is 51.5 cm³/mol. The van der Waals surface area contributed by atoms with Crippen LogP contribution in [-0.4, -0.2) is 9.78 Å². The van der Waals surface area contributed by atoms with Crippen LogP contribution in [0.3, 0.4) is 0 Å². The van der Waals surface area contributed by atoms with Crippen molar-refractivity contribution in [1.82, 2.24) is 9.78 Å². The first-order valence-electron chi connectivity index (χ1n) is 3.52. The Morgan fingerprint density at radius 3 is 2.87 bits per heavy atom. The molecule has 0 aliphatic carbocycles. The molecule has 0 aromatic carbocycles. The van der Waals surface area contributed by atoms with E-state index in [0.29, 0.717) is 0 Å². The highest BCUT2D eigenvalue weighted by Gasteiger charge is 2.06. The lowest BCUT2D eigenvalue weighted by Crippen LogP contribution is -2.22. The van der Waals surface area contributed by atoms with Gasteiger partial charge in [0.15, 0.2) is 0 Å². The fourth-order valence-corrected chi connectivity index (χ4v) is 0.947. The van der Waals surface area contributed by atoms with E-state index in [1.54, 1.807) is 0 Å². The number of rotatable bonds is 3. The van der Waals surface area contributed by atoms with E-state index >= 15 is 0 Å². The van der Waals surface area contributed by atoms with Crippen LogP contribution in [-0.2, 0) is 6.67 Å². The van der Waals surface area contributed by atoms with Crippen LogP contribution in [0.4, 0.5) is 5.69 Å². The van der Waals surface area contributed by atoms with E-state index in [9.17, 15) is 4.79 Å². The maximum atomic E-state index is 11.4. The number of halogens is 1. The maximum Gasteiger partial charge on any atom is 0.286 e. The summed E-state index contributed by atoms with van der Waals surface area (Å²) in [5.41, 5.74) is 15.4. The molecule has 1 aromatic rings. The van der Waals surface area contributed by atoms with Gasteiger partial charge in [0.05, 0.1) is 11.9 Å². The summed E-state index contributed by atoms with van der Waals surface area (Å²) in [6.07, 6.45) is 1.11. The molecule has 0 N–H and O–H groups in total. The average Bonchev–Trinajstić information content (AvgIpc) is 2.24. The molecule has 0 fully saturated rings. The molecular formula is C5H3ClN8O. The molecule has 0 saturated carbocycles. The molecule has 0 bridgehead atoms. The zero-order valence-corrected chi connectivity index (χ0v) is 7.90. The van der Waals surface area contributed by atoms with Crippen LogP contribution in [0, 0.1) is 0 Å². The molecule has 0 saturated heterocycles. The molecular weight excluding hydrogens is 224 g/mol. The molecule has 1 aromatic heterocycles. The Balaban J connectivity index is 3.26. The minimum atomic E-state index is -0.686. The number of aromatic nitrogens is 2. The summed E-state index contributed by atoms with van der Waals surface area (Å²) in [6, 6.07) is 0. The second kappa shape index (κ2) is 4.87. The SMILES string of the molecule is [N-]=[N+]=NCn1ncc(N=[N+]=[N-])c(Cl)c1=O. The van der Waals surface area contributed by atoms with Crippen LogP contribution >= 0.6 is 11.6 Å². The summed E-state index contributed by atoms with van der Waals surface area (Å²) >= 11 is 5.58. The maximum absolute atomic E-state index is 11.4. The summed E-state index contributed by atoms with van der Waals surface area (Å²) < 4.78 is 0.846. The van der Waals surface area contributed by atoms with Crippen molar-refractivity contribution in [2.24, 2.45) is 10.2 Å². The van der Waals surface area contributed by atoms with Crippen LogP contribution in [0.15, 0.2) is 21.2 Å². The highest BCUT2D eigenvalue weighted by Crippen LogP contribution is 2.18. The van der Waals surface area contributed by atoms with Crippen molar-refractivity contribution in [2.45, 2.75) is 6.67 Å². The zero-order valence-electron chi connectivity index (χ0n) is 7.15. The van der Waals surface area contributed by atoms with Crippen LogP contribution in [0.25, 0.3) is 20.9 Å². The monoisotopic (exact) mass is 226 g/mol. The van der Waals surface area contributed by atoms with E-state index < -0.39 is 5.56 Å². The Morgan fingerprint density at radius 2 is 2.27 bits per heavy atom. The quantitative estimate of drug-likeness (QED) is 0.443. The minimum Gasteiger partial charge on any atom is -0.266 e. The largest absolute Gasteiger partial charge is 0.286 e. The Kier molecular flexibility index (Phi) is 3.53. The fourth-order valence-electron chi connectivity index (χ4n) is 0.763. The van der Waals surface area contributed by atoms with Crippen molar-refractivity contribution in [3.8, 4) is 0 Å². The van der Waals surface area contributed by atoms with Crippen molar-refractivity contribution in [1.29, 1.82) is 0 Å². The van der Waals surface area contributed by atoms with Gasteiger partial charge < -0.3 is 0 Å². The van der Waals surface area contributed by atoms with Crippen molar-refractivity contribution < 1.29 is 0 Å². The summed E-state index contributed by atoms with van der Waals surface area (Å²) in [5.74, 6) is 0. The summed E-state index contributed by atoms with van der Waals surface area (Å²) in [6.45, 7) is -0.272. The van der Waals surface area contributed by atoms with E-state index in [-0.39, 0.29) is 17.4 Å². The molecule has 0 radical (unpaired) electrons. The standard InChI is InChI=1S/C5H3ClN8O/c6-4-3(11-13-8)1-10-14(5(4)15)2-9-12-7/h1H,2H2. The minimum absolute atomic E-state index is 0.0682. The van der Waals surface area contributed by atoms with E-state index in [1.807, 2.05) is 0 Å². The summed E-state index contributed by atoms with van der Waals surface area (Å²) in [4.78, 5) is 16.3. The van der Waals surface area contributed by atoms with Gasteiger partial charge in [-0.05, 0) is 11.1 Å². The Morgan fingerprint density at radius 1 is 1.53 bits per heavy atom. The van der Waals surface area contributed by atoms with Crippen LogP contribution in [0.2, 0.25) is 5.02 Å². The molecule has 9 nitrogen and oxygen atoms in total. The van der Waals surface area contributed by atoms with Gasteiger partial charge in [0, 0.05) is 9.82 Å². The van der Waals surface area contributed by atoms with Gasteiger partial charge in [-0.25, -0.2) is 4.68 Å². The van der Waals surface area contributed by atoms with Gasteiger partial charge in [0.25, 0.3) is 5.56 Å². The Bertz CT molecular complexity index is 522. The molecule has 0 unspecified atom stereocenters. The molecule has 76 valence electrons. The fraction of sp³-hybridized carbons (Fsp3) is 0.200. The second-order valence-electron chi connectivity index (χ2n) is 2.21. The van der Waals surface area contributed by atoms with E-state index in [2.05, 4.69) is 25.2 Å². The highest BCUT2D eigenvalue weighted by atomic mass is 35.5. The van der Waals surface area contributed by atoms with Gasteiger partial charge in [0.2, 0.25) is 0 Å². The van der Waals surface area contributed by atoms with Crippen molar-refractivity contribution in [2.75, 3.05) is 0 Å². The summed E-state index contributed by atoms with van der Waals surface area (Å²) in [5, 5.41) is 9.61. The van der Waals surface area contributed by atoms with Gasteiger partial charge in [-0.3, -0.25) is 4.79 Å². The third-order valence-corrected chi connectivity index (χ3v) is 1.73. The molecule has 1 heterocycles. The first kappa shape index (κ1) is 10.9. The topological polar surface area (TPSA) is 132 Å². The van der Waals surface area contributed by atoms with Crippen LogP contribution < -0.4 is 5.56 Å². The predicted octanol–water partition coefficient (Wildman–Crippen LogP) is 2.11. The van der Waals surface area contributed by atoms with Crippen molar-refractivity contribution in [3.05, 3.63) is 42.5 Å². The zero-order chi connectivity index (χ0) is 11.3. The number of azide groups is 2. The molecule has 0 aliphatic rings. The van der Waals surface area contributed by atoms with Crippen molar-refractivity contribution in [3.63, 3.8) is 0 Å². The second-order valence-corrected chi connectivity index (χ2v) is 2.59. The van der Waals surface area contributed by atoms with Gasteiger partial charge in [-0.2, -0.15) is 5.10 Å². The van der Waals surface area contributed by atoms with Gasteiger partial charge >= 0.3 is 0 Å². The smallest absolute Gasteiger partial charge is 0.266 e. The molecule has 1 rings (SSSR count). The number of hydrogen-bond acceptors (Lipinski definition) is 4. The van der Waals surface area contributed by atoms with Gasteiger partial charge in [-0.15, -0.1) is 0 Å². The number of hydrogen-bond donors (Lipinski definition) is 0. The van der Waals surface area contributed by atoms with Gasteiger partial charge in [-0.1, -0.05) is 21.8 Å². The molecule has 10 heteroatoms. The third-order valence-electron chi connectivity index (χ3n) is 1.38. The van der Waals surface area contributed by atoms with E-state index in [0.717, 1.165) is 10.9 Å². The molecule has 0 aliphatic heterocycles. The summed E-state index contributed by atoms with van der Waals surface area (Å²) in [7, 11) is 0. The van der Waals surface area contributed by atoms with Crippen LogP contribution in [0.1, 0.15) is 0 Å². The van der Waals surface area contributed by atoms with Gasteiger partial charge in [0.1, 0.15) is 11.7 Å². The van der Waals surface area contributed by atoms with Crippen molar-refractivity contribution >= 4 is 17.3 Å². The van der Waals surface area contributed by atoms with E-state index in [4.69, 9.17) is 22.7 Å². The third kappa shape index (κ3) is 2.38. The molecule has 0 spiro atoms. The first-order chi connectivity index (χ1) is 7.20. The lowest BCUT2D eigenvalue weighted by atomic mass is 10.5. The molecule has 0 amide bonds. The molecule has 0 atom stereocenters. The first-order valence-corrected chi connectivity index (χ1v) is 3.90.